The minimum absolute atomic E-state index is 0.0228. The Morgan fingerprint density at radius 1 is 0.939 bits per heavy atom. The molecule has 0 saturated carbocycles. The van der Waals surface area contributed by atoms with Crippen LogP contribution < -0.4 is 10.6 Å². The molecule has 0 fully saturated rings. The zero-order valence-corrected chi connectivity index (χ0v) is 19.3. The molecule has 0 aromatic heterocycles. The van der Waals surface area contributed by atoms with Crippen LogP contribution in [0, 0.1) is 0 Å². The monoisotopic (exact) mass is 454 g/mol. The molecule has 0 heterocycles. The van der Waals surface area contributed by atoms with E-state index in [9.17, 15) is 14.4 Å². The molecule has 0 saturated heterocycles. The van der Waals surface area contributed by atoms with E-state index in [1.54, 1.807) is 20.8 Å². The maximum absolute atomic E-state index is 12.4. The largest absolute Gasteiger partial charge is 0.469 e. The molecule has 0 bridgehead atoms. The molecule has 8 heteroatoms. The van der Waals surface area contributed by atoms with Gasteiger partial charge in [0, 0.05) is 12.5 Å². The van der Waals surface area contributed by atoms with Gasteiger partial charge in [0.25, 0.3) is 0 Å². The lowest BCUT2D eigenvalue weighted by atomic mass is 9.98. The first-order valence-electron chi connectivity index (χ1n) is 10.8. The summed E-state index contributed by atoms with van der Waals surface area (Å²) in [5.41, 5.74) is 3.81. The fourth-order valence-electron chi connectivity index (χ4n) is 3.79. The lowest BCUT2D eigenvalue weighted by molar-refractivity contribution is -0.141. The third kappa shape index (κ3) is 6.47. The van der Waals surface area contributed by atoms with E-state index in [0.717, 1.165) is 22.3 Å². The van der Waals surface area contributed by atoms with Crippen LogP contribution in [0.1, 0.15) is 44.2 Å². The van der Waals surface area contributed by atoms with E-state index in [4.69, 9.17) is 9.47 Å². The van der Waals surface area contributed by atoms with E-state index in [1.807, 2.05) is 36.4 Å². The van der Waals surface area contributed by atoms with Crippen molar-refractivity contribution >= 4 is 18.2 Å². The van der Waals surface area contributed by atoms with Gasteiger partial charge in [-0.25, -0.2) is 9.59 Å². The standard InChI is InChI=1S/C25H30N2O6/c1-25(2,3)33-24(30)27-16(13-22(28)31-4)14-26-23(29)32-15-21-19-11-7-5-9-17(19)18-10-6-8-12-20(18)21/h5-12,16,21H,13-15H2,1-4H3,(H,26,29)(H,27,30)/t16-/m0/s1. The van der Waals surface area contributed by atoms with Crippen LogP contribution in [0.15, 0.2) is 48.5 Å². The van der Waals surface area contributed by atoms with Crippen molar-refractivity contribution in [2.75, 3.05) is 20.3 Å². The Labute approximate surface area is 193 Å². The van der Waals surface area contributed by atoms with Gasteiger partial charge in [0.2, 0.25) is 0 Å². The number of hydrogen-bond acceptors (Lipinski definition) is 6. The summed E-state index contributed by atoms with van der Waals surface area (Å²) in [4.78, 5) is 36.2. The van der Waals surface area contributed by atoms with Crippen LogP contribution in [0.4, 0.5) is 9.59 Å². The number of nitrogens with one attached hydrogen (secondary N) is 2. The van der Waals surface area contributed by atoms with Crippen molar-refractivity contribution in [3.8, 4) is 11.1 Å². The first kappa shape index (κ1) is 24.1. The summed E-state index contributed by atoms with van der Waals surface area (Å²) in [7, 11) is 1.26. The zero-order chi connectivity index (χ0) is 24.0. The van der Waals surface area contributed by atoms with E-state index < -0.39 is 29.8 Å². The van der Waals surface area contributed by atoms with Crippen LogP contribution in [0.5, 0.6) is 0 Å². The number of hydrogen-bond donors (Lipinski definition) is 2. The molecule has 1 atom stereocenters. The van der Waals surface area contributed by atoms with Gasteiger partial charge >= 0.3 is 18.2 Å². The van der Waals surface area contributed by atoms with Crippen LogP contribution in [-0.4, -0.2) is 50.1 Å². The SMILES string of the molecule is COC(=O)C[C@@H](CNC(=O)OCC1c2ccccc2-c2ccccc21)NC(=O)OC(C)(C)C. The van der Waals surface area contributed by atoms with Gasteiger partial charge in [0.1, 0.15) is 12.2 Å². The van der Waals surface area contributed by atoms with E-state index in [1.165, 1.54) is 7.11 Å². The third-order valence-corrected chi connectivity index (χ3v) is 5.20. The Morgan fingerprint density at radius 3 is 2.06 bits per heavy atom. The highest BCUT2D eigenvalue weighted by molar-refractivity contribution is 5.79. The van der Waals surface area contributed by atoms with E-state index in [2.05, 4.69) is 27.5 Å². The number of rotatable bonds is 7. The molecule has 0 aliphatic heterocycles. The summed E-state index contributed by atoms with van der Waals surface area (Å²) < 4.78 is 15.4. The van der Waals surface area contributed by atoms with Gasteiger partial charge in [0.05, 0.1) is 19.6 Å². The van der Waals surface area contributed by atoms with Gasteiger partial charge < -0.3 is 24.8 Å². The van der Waals surface area contributed by atoms with Crippen molar-refractivity contribution in [2.24, 2.45) is 0 Å². The highest BCUT2D eigenvalue weighted by Gasteiger charge is 2.29. The topological polar surface area (TPSA) is 103 Å². The molecule has 2 N–H and O–H groups in total. The number of alkyl carbamates (subject to hydrolysis) is 2. The zero-order valence-electron chi connectivity index (χ0n) is 19.3. The van der Waals surface area contributed by atoms with Gasteiger partial charge in [-0.15, -0.1) is 0 Å². The number of carbonyl (C=O) groups excluding carboxylic acids is 3. The van der Waals surface area contributed by atoms with Crippen LogP contribution in [0.25, 0.3) is 11.1 Å². The molecule has 0 spiro atoms. The molecular weight excluding hydrogens is 424 g/mol. The van der Waals surface area contributed by atoms with Crippen LogP contribution in [0.3, 0.4) is 0 Å². The first-order chi connectivity index (χ1) is 15.7. The summed E-state index contributed by atoms with van der Waals surface area (Å²) in [5, 5.41) is 5.20. The van der Waals surface area contributed by atoms with Gasteiger partial charge in [-0.05, 0) is 43.0 Å². The van der Waals surface area contributed by atoms with Crippen LogP contribution in [0.2, 0.25) is 0 Å². The summed E-state index contributed by atoms with van der Waals surface area (Å²) in [6, 6.07) is 15.4. The summed E-state index contributed by atoms with van der Waals surface area (Å²) >= 11 is 0. The lowest BCUT2D eigenvalue weighted by Crippen LogP contribution is -2.46. The number of amides is 2. The second-order valence-corrected chi connectivity index (χ2v) is 8.83. The minimum atomic E-state index is -0.715. The van der Waals surface area contributed by atoms with Crippen molar-refractivity contribution in [1.29, 1.82) is 0 Å². The molecule has 0 radical (unpaired) electrons. The Balaban J connectivity index is 1.58. The average Bonchev–Trinajstić information content (AvgIpc) is 3.08. The third-order valence-electron chi connectivity index (χ3n) is 5.20. The molecule has 1 aliphatic rings. The van der Waals surface area contributed by atoms with Gasteiger partial charge in [-0.1, -0.05) is 48.5 Å². The molecule has 8 nitrogen and oxygen atoms in total. The smallest absolute Gasteiger partial charge is 0.407 e. The lowest BCUT2D eigenvalue weighted by Gasteiger charge is -2.23. The van der Waals surface area contributed by atoms with Gasteiger partial charge in [-0.3, -0.25) is 4.79 Å². The molecule has 3 rings (SSSR count). The number of fused-ring (bicyclic) bond motifs is 3. The first-order valence-corrected chi connectivity index (χ1v) is 10.8. The predicted octanol–water partition coefficient (Wildman–Crippen LogP) is 3.98. The van der Waals surface area contributed by atoms with Crippen molar-refractivity contribution < 1.29 is 28.6 Å². The Morgan fingerprint density at radius 2 is 1.52 bits per heavy atom. The number of methoxy groups -OCH3 is 1. The maximum atomic E-state index is 12.4. The Bertz CT molecular complexity index is 968. The highest BCUT2D eigenvalue weighted by Crippen LogP contribution is 2.44. The number of carbonyl (C=O) groups is 3. The molecule has 1 aliphatic carbocycles. The molecule has 2 aromatic carbocycles. The Hall–Kier alpha value is -3.55. The van der Waals surface area contributed by atoms with Crippen molar-refractivity contribution in [3.63, 3.8) is 0 Å². The quantitative estimate of drug-likeness (QED) is 0.485. The van der Waals surface area contributed by atoms with E-state index in [0.29, 0.717) is 0 Å². The van der Waals surface area contributed by atoms with E-state index >= 15 is 0 Å². The second kappa shape index (κ2) is 10.4. The fourth-order valence-corrected chi connectivity index (χ4v) is 3.79. The van der Waals surface area contributed by atoms with E-state index in [-0.39, 0.29) is 25.5 Å². The molecule has 0 unspecified atom stereocenters. The maximum Gasteiger partial charge on any atom is 0.407 e. The minimum Gasteiger partial charge on any atom is -0.469 e. The number of ether oxygens (including phenoxy) is 3. The molecule has 176 valence electrons. The normalized spacial score (nSPS) is 13.3. The fraction of sp³-hybridized carbons (Fsp3) is 0.400. The summed E-state index contributed by atoms with van der Waals surface area (Å²) in [6.07, 6.45) is -1.46. The molecule has 33 heavy (non-hydrogen) atoms. The second-order valence-electron chi connectivity index (χ2n) is 8.83. The van der Waals surface area contributed by atoms with Gasteiger partial charge in [-0.2, -0.15) is 0 Å². The summed E-state index contributed by atoms with van der Waals surface area (Å²) in [5.74, 6) is -0.584. The van der Waals surface area contributed by atoms with Crippen LogP contribution in [-0.2, 0) is 19.0 Å². The molecule has 2 amide bonds. The number of benzene rings is 2. The molecule has 2 aromatic rings. The van der Waals surface area contributed by atoms with Crippen molar-refractivity contribution in [1.82, 2.24) is 10.6 Å². The highest BCUT2D eigenvalue weighted by atomic mass is 16.6. The van der Waals surface area contributed by atoms with Crippen LogP contribution >= 0.6 is 0 Å². The predicted molar refractivity (Wildman–Crippen MR) is 123 cm³/mol. The molecular formula is C25H30N2O6. The van der Waals surface area contributed by atoms with Gasteiger partial charge in [0.15, 0.2) is 0 Å². The summed E-state index contributed by atoms with van der Waals surface area (Å²) in [6.45, 7) is 5.34. The number of esters is 1. The van der Waals surface area contributed by atoms with Crippen molar-refractivity contribution in [2.45, 2.75) is 44.8 Å². The Kier molecular flexibility index (Phi) is 7.58. The van der Waals surface area contributed by atoms with Crippen molar-refractivity contribution in [3.05, 3.63) is 59.7 Å². The average molecular weight is 455 g/mol.